The number of benzene rings is 1. The van der Waals surface area contributed by atoms with E-state index in [9.17, 15) is 8.42 Å². The summed E-state index contributed by atoms with van der Waals surface area (Å²) < 4.78 is 23.1. The van der Waals surface area contributed by atoms with Crippen molar-refractivity contribution in [2.45, 2.75) is 31.1 Å². The van der Waals surface area contributed by atoms with Gasteiger partial charge in [-0.3, -0.25) is 0 Å². The molecule has 0 N–H and O–H groups in total. The van der Waals surface area contributed by atoms with E-state index in [1.165, 1.54) is 0 Å². The van der Waals surface area contributed by atoms with Crippen LogP contribution in [0.1, 0.15) is 31.7 Å². The third-order valence-electron chi connectivity index (χ3n) is 2.59. The lowest BCUT2D eigenvalue weighted by atomic mass is 9.99. The normalized spacial score (nSPS) is 13.5. The zero-order valence-electron chi connectivity index (χ0n) is 9.10. The van der Waals surface area contributed by atoms with Gasteiger partial charge in [-0.2, -0.15) is 0 Å². The molecule has 2 nitrogen and oxygen atoms in total. The molecule has 1 atom stereocenters. The highest BCUT2D eigenvalue weighted by molar-refractivity contribution is 7.94. The monoisotopic (exact) mass is 224 g/mol. The summed E-state index contributed by atoms with van der Waals surface area (Å²) in [4.78, 5) is 0.329. The number of hydrogen-bond donors (Lipinski definition) is 0. The van der Waals surface area contributed by atoms with E-state index in [1.54, 1.807) is 18.2 Å². The van der Waals surface area contributed by atoms with Crippen LogP contribution in [-0.2, 0) is 9.84 Å². The van der Waals surface area contributed by atoms with E-state index in [-0.39, 0.29) is 0 Å². The molecule has 0 spiro atoms. The van der Waals surface area contributed by atoms with Crippen LogP contribution >= 0.6 is 0 Å². The third-order valence-corrected chi connectivity index (χ3v) is 3.94. The van der Waals surface area contributed by atoms with Crippen LogP contribution in [0.25, 0.3) is 0 Å². The van der Waals surface area contributed by atoms with Crippen LogP contribution in [-0.4, -0.2) is 8.42 Å². The second kappa shape index (κ2) is 4.62. The van der Waals surface area contributed by atoms with Crippen molar-refractivity contribution in [3.63, 3.8) is 0 Å². The Labute approximate surface area is 91.6 Å². The predicted molar refractivity (Wildman–Crippen MR) is 62.5 cm³/mol. The van der Waals surface area contributed by atoms with Crippen molar-refractivity contribution in [1.82, 2.24) is 0 Å². The van der Waals surface area contributed by atoms with Crippen molar-refractivity contribution in [2.75, 3.05) is 0 Å². The molecule has 1 rings (SSSR count). The topological polar surface area (TPSA) is 34.1 Å². The van der Waals surface area contributed by atoms with Gasteiger partial charge >= 0.3 is 0 Å². The zero-order chi connectivity index (χ0) is 11.5. The Bertz CT molecular complexity index is 446. The van der Waals surface area contributed by atoms with Crippen molar-refractivity contribution in [3.8, 4) is 0 Å². The van der Waals surface area contributed by atoms with Crippen LogP contribution in [0.4, 0.5) is 0 Å². The Kier molecular flexibility index (Phi) is 3.69. The first kappa shape index (κ1) is 12.0. The average Bonchev–Trinajstić information content (AvgIpc) is 2.28. The van der Waals surface area contributed by atoms with E-state index in [4.69, 9.17) is 0 Å². The standard InChI is InChI=1S/C12H16O2S/c1-4-10(3)11-7-6-8-12(9-11)15(13,14)5-2/h5-10H,2,4H2,1,3H3. The van der Waals surface area contributed by atoms with Crippen molar-refractivity contribution in [2.24, 2.45) is 0 Å². The molecular formula is C12H16O2S. The van der Waals surface area contributed by atoms with Crippen molar-refractivity contribution < 1.29 is 8.42 Å². The Hall–Kier alpha value is -1.09. The summed E-state index contributed by atoms with van der Waals surface area (Å²) in [6.07, 6.45) is 0.998. The molecule has 1 unspecified atom stereocenters. The Morgan fingerprint density at radius 1 is 1.47 bits per heavy atom. The Morgan fingerprint density at radius 3 is 2.67 bits per heavy atom. The third kappa shape index (κ3) is 2.69. The molecule has 0 aliphatic carbocycles. The molecule has 3 heteroatoms. The molecule has 0 bridgehead atoms. The van der Waals surface area contributed by atoms with Crippen molar-refractivity contribution in [3.05, 3.63) is 41.8 Å². The lowest BCUT2D eigenvalue weighted by Crippen LogP contribution is -1.98. The predicted octanol–water partition coefficient (Wildman–Crippen LogP) is 3.12. The average molecular weight is 224 g/mol. The van der Waals surface area contributed by atoms with E-state index in [2.05, 4.69) is 20.4 Å². The number of rotatable bonds is 4. The quantitative estimate of drug-likeness (QED) is 0.787. The van der Waals surface area contributed by atoms with Gasteiger partial charge in [-0.25, -0.2) is 8.42 Å². The lowest BCUT2D eigenvalue weighted by Gasteiger charge is -2.09. The van der Waals surface area contributed by atoms with Crippen molar-refractivity contribution in [1.29, 1.82) is 0 Å². The van der Waals surface area contributed by atoms with Crippen LogP contribution in [0.2, 0.25) is 0 Å². The minimum Gasteiger partial charge on any atom is -0.219 e. The van der Waals surface area contributed by atoms with Gasteiger partial charge in [0.05, 0.1) is 4.90 Å². The molecule has 0 aliphatic rings. The molecule has 0 aromatic heterocycles. The summed E-state index contributed by atoms with van der Waals surface area (Å²) in [5, 5.41) is 0.989. The van der Waals surface area contributed by atoms with Crippen LogP contribution in [0.5, 0.6) is 0 Å². The lowest BCUT2D eigenvalue weighted by molar-refractivity contribution is 0.604. The van der Waals surface area contributed by atoms with E-state index < -0.39 is 9.84 Å². The summed E-state index contributed by atoms with van der Waals surface area (Å²) in [6.45, 7) is 7.48. The molecule has 0 saturated heterocycles. The van der Waals surface area contributed by atoms with Crippen LogP contribution in [0.15, 0.2) is 41.1 Å². The van der Waals surface area contributed by atoms with Crippen LogP contribution < -0.4 is 0 Å². The molecule has 1 aromatic rings. The molecule has 0 amide bonds. The van der Waals surface area contributed by atoms with Gasteiger partial charge in [-0.05, 0) is 30.0 Å². The van der Waals surface area contributed by atoms with Crippen LogP contribution in [0, 0.1) is 0 Å². The second-order valence-corrected chi connectivity index (χ2v) is 5.49. The maximum absolute atomic E-state index is 11.5. The van der Waals surface area contributed by atoms with E-state index in [1.807, 2.05) is 6.07 Å². The first-order valence-electron chi connectivity index (χ1n) is 4.98. The van der Waals surface area contributed by atoms with E-state index >= 15 is 0 Å². The first-order valence-corrected chi connectivity index (χ1v) is 6.53. The second-order valence-electron chi connectivity index (χ2n) is 3.59. The van der Waals surface area contributed by atoms with Gasteiger partial charge in [0, 0.05) is 5.41 Å². The minimum atomic E-state index is -3.30. The van der Waals surface area contributed by atoms with Crippen LogP contribution in [0.3, 0.4) is 0 Å². The van der Waals surface area contributed by atoms with Crippen molar-refractivity contribution >= 4 is 9.84 Å². The SMILES string of the molecule is C=CS(=O)(=O)c1cccc(C(C)CC)c1. The summed E-state index contributed by atoms with van der Waals surface area (Å²) >= 11 is 0. The molecular weight excluding hydrogens is 208 g/mol. The molecule has 0 saturated carbocycles. The highest BCUT2D eigenvalue weighted by Gasteiger charge is 2.11. The maximum atomic E-state index is 11.5. The van der Waals surface area contributed by atoms with E-state index in [0.29, 0.717) is 10.8 Å². The molecule has 0 radical (unpaired) electrons. The number of hydrogen-bond acceptors (Lipinski definition) is 2. The first-order chi connectivity index (χ1) is 7.01. The molecule has 0 fully saturated rings. The summed E-state index contributed by atoms with van der Waals surface area (Å²) in [5.74, 6) is 0.380. The highest BCUT2D eigenvalue weighted by atomic mass is 32.2. The van der Waals surface area contributed by atoms with E-state index in [0.717, 1.165) is 17.4 Å². The fourth-order valence-electron chi connectivity index (χ4n) is 1.33. The van der Waals surface area contributed by atoms with Gasteiger partial charge in [-0.15, -0.1) is 0 Å². The molecule has 0 aliphatic heterocycles. The van der Waals surface area contributed by atoms with Gasteiger partial charge in [0.25, 0.3) is 0 Å². The fourth-order valence-corrected chi connectivity index (χ4v) is 2.09. The van der Waals surface area contributed by atoms with Gasteiger partial charge in [-0.1, -0.05) is 32.6 Å². The fraction of sp³-hybridized carbons (Fsp3) is 0.333. The van der Waals surface area contributed by atoms with Gasteiger partial charge < -0.3 is 0 Å². The smallest absolute Gasteiger partial charge is 0.199 e. The molecule has 0 heterocycles. The molecule has 1 aromatic carbocycles. The summed E-state index contributed by atoms with van der Waals surface area (Å²) in [7, 11) is -3.30. The summed E-state index contributed by atoms with van der Waals surface area (Å²) in [6, 6.07) is 7.06. The van der Waals surface area contributed by atoms with Gasteiger partial charge in [0.15, 0.2) is 9.84 Å². The highest BCUT2D eigenvalue weighted by Crippen LogP contribution is 2.22. The largest absolute Gasteiger partial charge is 0.219 e. The maximum Gasteiger partial charge on any atom is 0.199 e. The minimum absolute atomic E-state index is 0.329. The Morgan fingerprint density at radius 2 is 2.13 bits per heavy atom. The van der Waals surface area contributed by atoms with Gasteiger partial charge in [0.1, 0.15) is 0 Å². The summed E-state index contributed by atoms with van der Waals surface area (Å²) in [5.41, 5.74) is 1.06. The molecule has 15 heavy (non-hydrogen) atoms. The number of sulfone groups is 1. The van der Waals surface area contributed by atoms with Gasteiger partial charge in [0.2, 0.25) is 0 Å². The zero-order valence-corrected chi connectivity index (χ0v) is 9.92. The Balaban J connectivity index is 3.19. The molecule has 82 valence electrons.